The van der Waals surface area contributed by atoms with Gasteiger partial charge < -0.3 is 10.6 Å². The third kappa shape index (κ3) is 2.29. The van der Waals surface area contributed by atoms with Gasteiger partial charge in [0.1, 0.15) is 5.65 Å². The number of hydrogen-bond acceptors (Lipinski definition) is 5. The van der Waals surface area contributed by atoms with Gasteiger partial charge in [0.15, 0.2) is 10.8 Å². The molecule has 7 nitrogen and oxygen atoms in total. The number of nitrogens with zero attached hydrogens (tertiary/aromatic N) is 4. The first kappa shape index (κ1) is 14.3. The van der Waals surface area contributed by atoms with Crippen LogP contribution in [0, 0.1) is 0 Å². The fraction of sp³-hybridized carbons (Fsp3) is 0.462. The first-order chi connectivity index (χ1) is 9.91. The maximum atomic E-state index is 13.0. The van der Waals surface area contributed by atoms with E-state index < -0.39 is 10.0 Å². The number of anilines is 1. The normalized spacial score (nSPS) is 21.9. The monoisotopic (exact) mass is 309 g/mol. The topological polar surface area (TPSA) is 83.9 Å². The molecule has 3 heterocycles. The van der Waals surface area contributed by atoms with Gasteiger partial charge in [-0.2, -0.15) is 4.31 Å². The van der Waals surface area contributed by atoms with Crippen LogP contribution in [0.2, 0.25) is 0 Å². The number of pyridine rings is 1. The number of piperazine rings is 1. The molecule has 0 spiro atoms. The van der Waals surface area contributed by atoms with Crippen molar-refractivity contribution in [1.82, 2.24) is 18.6 Å². The molecule has 8 heteroatoms. The molecule has 2 aromatic heterocycles. The standard InChI is InChI=1S/C13H19N5O2S/c1-10-9-16(2)7-8-18(10)21(19,20)13-12(14)15-11-5-3-4-6-17(11)13/h3-6,10H,7-9,14H2,1-2H3. The van der Waals surface area contributed by atoms with E-state index in [1.54, 1.807) is 24.4 Å². The van der Waals surface area contributed by atoms with E-state index in [9.17, 15) is 8.42 Å². The molecule has 2 aromatic rings. The van der Waals surface area contributed by atoms with Crippen molar-refractivity contribution >= 4 is 21.5 Å². The van der Waals surface area contributed by atoms with Crippen molar-refractivity contribution in [2.75, 3.05) is 32.4 Å². The van der Waals surface area contributed by atoms with Crippen molar-refractivity contribution in [3.8, 4) is 0 Å². The average Bonchev–Trinajstić information content (AvgIpc) is 2.74. The number of rotatable bonds is 2. The molecule has 1 aliphatic heterocycles. The molecule has 21 heavy (non-hydrogen) atoms. The van der Waals surface area contributed by atoms with Crippen LogP contribution in [0.3, 0.4) is 0 Å². The van der Waals surface area contributed by atoms with Crippen LogP contribution in [0.15, 0.2) is 29.4 Å². The number of imidazole rings is 1. The van der Waals surface area contributed by atoms with Gasteiger partial charge in [-0.3, -0.25) is 4.40 Å². The average molecular weight is 309 g/mol. The Bertz CT molecular complexity index is 770. The van der Waals surface area contributed by atoms with E-state index in [1.165, 1.54) is 8.71 Å². The predicted molar refractivity (Wildman–Crippen MR) is 80.5 cm³/mol. The minimum atomic E-state index is -3.67. The summed E-state index contributed by atoms with van der Waals surface area (Å²) in [5.74, 6) is 0.0485. The summed E-state index contributed by atoms with van der Waals surface area (Å²) < 4.78 is 29.0. The Morgan fingerprint density at radius 3 is 2.81 bits per heavy atom. The van der Waals surface area contributed by atoms with E-state index in [0.29, 0.717) is 25.3 Å². The van der Waals surface area contributed by atoms with Gasteiger partial charge in [-0.15, -0.1) is 0 Å². The summed E-state index contributed by atoms with van der Waals surface area (Å²) in [5.41, 5.74) is 6.41. The van der Waals surface area contributed by atoms with Crippen molar-refractivity contribution in [2.24, 2.45) is 0 Å². The van der Waals surface area contributed by atoms with Gasteiger partial charge in [0.05, 0.1) is 0 Å². The Hall–Kier alpha value is -1.64. The summed E-state index contributed by atoms with van der Waals surface area (Å²) in [4.78, 5) is 6.26. The fourth-order valence-electron chi connectivity index (χ4n) is 2.84. The van der Waals surface area contributed by atoms with Crippen molar-refractivity contribution in [3.63, 3.8) is 0 Å². The molecular weight excluding hydrogens is 290 g/mol. The van der Waals surface area contributed by atoms with Gasteiger partial charge in [-0.05, 0) is 26.1 Å². The Morgan fingerprint density at radius 1 is 1.33 bits per heavy atom. The third-order valence-electron chi connectivity index (χ3n) is 3.83. The van der Waals surface area contributed by atoms with Crippen LogP contribution < -0.4 is 5.73 Å². The van der Waals surface area contributed by atoms with Crippen LogP contribution in [0.1, 0.15) is 6.92 Å². The summed E-state index contributed by atoms with van der Waals surface area (Å²) in [6.45, 7) is 3.78. The van der Waals surface area contributed by atoms with E-state index in [-0.39, 0.29) is 16.9 Å². The highest BCUT2D eigenvalue weighted by atomic mass is 32.2. The summed E-state index contributed by atoms with van der Waals surface area (Å²) in [6, 6.07) is 5.21. The number of nitrogens with two attached hydrogens (primary N) is 1. The highest BCUT2D eigenvalue weighted by Crippen LogP contribution is 2.26. The van der Waals surface area contributed by atoms with Crippen molar-refractivity contribution in [3.05, 3.63) is 24.4 Å². The largest absolute Gasteiger partial charge is 0.381 e. The Balaban J connectivity index is 2.10. The second-order valence-electron chi connectivity index (χ2n) is 5.46. The van der Waals surface area contributed by atoms with E-state index >= 15 is 0 Å². The SMILES string of the molecule is CC1CN(C)CCN1S(=O)(=O)c1c(N)nc2ccccn12. The molecule has 1 unspecified atom stereocenters. The second-order valence-corrected chi connectivity index (χ2v) is 7.26. The van der Waals surface area contributed by atoms with Gasteiger partial charge >= 0.3 is 0 Å². The lowest BCUT2D eigenvalue weighted by Crippen LogP contribution is -2.52. The highest BCUT2D eigenvalue weighted by molar-refractivity contribution is 7.89. The summed E-state index contributed by atoms with van der Waals surface area (Å²) in [6.07, 6.45) is 1.67. The maximum absolute atomic E-state index is 13.0. The zero-order valence-corrected chi connectivity index (χ0v) is 12.9. The minimum Gasteiger partial charge on any atom is -0.381 e. The second kappa shape index (κ2) is 4.97. The molecule has 114 valence electrons. The molecule has 1 atom stereocenters. The quantitative estimate of drug-likeness (QED) is 0.859. The number of aromatic nitrogens is 2. The lowest BCUT2D eigenvalue weighted by Gasteiger charge is -2.36. The maximum Gasteiger partial charge on any atom is 0.263 e. The minimum absolute atomic E-state index is 0.0485. The summed E-state index contributed by atoms with van der Waals surface area (Å²) in [7, 11) is -1.68. The number of likely N-dealkylation sites (N-methyl/N-ethyl adjacent to an activating group) is 1. The molecule has 3 rings (SSSR count). The Labute approximate surface area is 124 Å². The van der Waals surface area contributed by atoms with Crippen LogP contribution >= 0.6 is 0 Å². The molecule has 0 radical (unpaired) electrons. The molecule has 0 saturated carbocycles. The molecule has 2 N–H and O–H groups in total. The molecule has 1 aliphatic rings. The zero-order chi connectivity index (χ0) is 15.2. The van der Waals surface area contributed by atoms with Crippen molar-refractivity contribution in [2.45, 2.75) is 18.0 Å². The summed E-state index contributed by atoms with van der Waals surface area (Å²) in [5, 5.41) is 0.0644. The van der Waals surface area contributed by atoms with Crippen LogP contribution in [0.5, 0.6) is 0 Å². The van der Waals surface area contributed by atoms with Crippen LogP contribution in [-0.2, 0) is 10.0 Å². The van der Waals surface area contributed by atoms with Gasteiger partial charge in [0, 0.05) is 31.9 Å². The lowest BCUT2D eigenvalue weighted by atomic mass is 10.2. The van der Waals surface area contributed by atoms with Crippen molar-refractivity contribution in [1.29, 1.82) is 0 Å². The molecule has 0 aliphatic carbocycles. The first-order valence-corrected chi connectivity index (χ1v) is 8.28. The molecule has 0 aromatic carbocycles. The predicted octanol–water partition coefficient (Wildman–Crippen LogP) is 0.241. The lowest BCUT2D eigenvalue weighted by molar-refractivity contribution is 0.170. The van der Waals surface area contributed by atoms with E-state index in [0.717, 1.165) is 0 Å². The number of fused-ring (bicyclic) bond motifs is 1. The van der Waals surface area contributed by atoms with E-state index in [2.05, 4.69) is 9.88 Å². The molecule has 1 saturated heterocycles. The first-order valence-electron chi connectivity index (χ1n) is 6.84. The number of nitrogen functional groups attached to an aromatic ring is 1. The fourth-order valence-corrected chi connectivity index (χ4v) is 4.64. The van der Waals surface area contributed by atoms with E-state index in [1.807, 2.05) is 14.0 Å². The Morgan fingerprint density at radius 2 is 2.10 bits per heavy atom. The van der Waals surface area contributed by atoms with E-state index in [4.69, 9.17) is 5.73 Å². The molecule has 0 amide bonds. The van der Waals surface area contributed by atoms with Crippen LogP contribution in [-0.4, -0.2) is 59.7 Å². The smallest absolute Gasteiger partial charge is 0.263 e. The molecular formula is C13H19N5O2S. The number of hydrogen-bond donors (Lipinski definition) is 1. The van der Waals surface area contributed by atoms with Gasteiger partial charge in [-0.1, -0.05) is 6.07 Å². The van der Waals surface area contributed by atoms with Gasteiger partial charge in [-0.25, -0.2) is 13.4 Å². The highest BCUT2D eigenvalue weighted by Gasteiger charge is 2.36. The molecule has 0 bridgehead atoms. The zero-order valence-electron chi connectivity index (χ0n) is 12.1. The Kier molecular flexibility index (Phi) is 3.39. The van der Waals surface area contributed by atoms with Crippen LogP contribution in [0.25, 0.3) is 5.65 Å². The molecule has 1 fully saturated rings. The van der Waals surface area contributed by atoms with Gasteiger partial charge in [0.2, 0.25) is 0 Å². The van der Waals surface area contributed by atoms with Crippen LogP contribution in [0.4, 0.5) is 5.82 Å². The van der Waals surface area contributed by atoms with Gasteiger partial charge in [0.25, 0.3) is 10.0 Å². The summed E-state index contributed by atoms with van der Waals surface area (Å²) >= 11 is 0. The van der Waals surface area contributed by atoms with Crippen molar-refractivity contribution < 1.29 is 8.42 Å². The third-order valence-corrected chi connectivity index (χ3v) is 5.89. The number of sulfonamides is 1.